The van der Waals surface area contributed by atoms with Crippen molar-refractivity contribution in [3.05, 3.63) is 28.8 Å². The van der Waals surface area contributed by atoms with E-state index >= 15 is 0 Å². The van der Waals surface area contributed by atoms with E-state index in [4.69, 9.17) is 34.4 Å². The van der Waals surface area contributed by atoms with Gasteiger partial charge in [0.1, 0.15) is 5.75 Å². The van der Waals surface area contributed by atoms with Crippen LogP contribution in [0.5, 0.6) is 5.75 Å². The summed E-state index contributed by atoms with van der Waals surface area (Å²) in [5, 5.41) is 9.56. The van der Waals surface area contributed by atoms with Gasteiger partial charge in [-0.15, -0.1) is 0 Å². The van der Waals surface area contributed by atoms with Gasteiger partial charge in [0.2, 0.25) is 0 Å². The third-order valence-electron chi connectivity index (χ3n) is 3.93. The molecule has 0 spiro atoms. The van der Waals surface area contributed by atoms with Crippen molar-refractivity contribution in [2.45, 2.75) is 122 Å². The molecule has 39 heavy (non-hydrogen) atoms. The van der Waals surface area contributed by atoms with Gasteiger partial charge in [0.25, 0.3) is 5.91 Å². The molecular weight excluding hydrogens is 488 g/mol. The number of carbonyl (C=O) groups excluding carboxylic acids is 1. The lowest BCUT2D eigenvalue weighted by atomic mass is 10.0. The van der Waals surface area contributed by atoms with E-state index in [1.807, 2.05) is 13.8 Å². The van der Waals surface area contributed by atoms with E-state index in [9.17, 15) is 9.90 Å². The highest BCUT2D eigenvalue weighted by molar-refractivity contribution is 5.96. The van der Waals surface area contributed by atoms with Gasteiger partial charge in [-0.3, -0.25) is 4.79 Å². The average Bonchev–Trinajstić information content (AvgIpc) is 2.87. The molecule has 1 aromatic rings. The Labute approximate surface area is 244 Å². The van der Waals surface area contributed by atoms with Gasteiger partial charge in [-0.25, -0.2) is 0 Å². The maximum absolute atomic E-state index is 10.9. The predicted molar refractivity (Wildman–Crippen MR) is 177 cm³/mol. The minimum Gasteiger partial charge on any atom is -0.507 e. The van der Waals surface area contributed by atoms with Crippen LogP contribution in [0.2, 0.25) is 0 Å². The van der Waals surface area contributed by atoms with Gasteiger partial charge in [0, 0.05) is 18.7 Å². The van der Waals surface area contributed by atoms with Gasteiger partial charge in [-0.1, -0.05) is 95.9 Å². The van der Waals surface area contributed by atoms with Gasteiger partial charge < -0.3 is 39.5 Å². The number of nitrogens with two attached hydrogens (primary N) is 6. The summed E-state index contributed by atoms with van der Waals surface area (Å²) in [5.41, 5.74) is 32.8. The minimum atomic E-state index is -0.687. The Morgan fingerprint density at radius 3 is 1.21 bits per heavy atom. The summed E-state index contributed by atoms with van der Waals surface area (Å²) in [6, 6.07) is 3.12. The lowest BCUT2D eigenvalue weighted by Gasteiger charge is -2.08. The summed E-state index contributed by atoms with van der Waals surface area (Å²) in [7, 11) is 0. The van der Waals surface area contributed by atoms with Crippen LogP contribution in [0.25, 0.3) is 0 Å². The van der Waals surface area contributed by atoms with E-state index in [2.05, 4.69) is 69.2 Å². The SMILES string of the molecule is CC.CC(C)CCN.CC(C)CCN.CC(C)CN.CCC.CCC.NCc1cc(CN)c(O)c(C(N)=O)c1. The van der Waals surface area contributed by atoms with Crippen molar-refractivity contribution in [2.75, 3.05) is 19.6 Å². The third-order valence-corrected chi connectivity index (χ3v) is 3.93. The maximum atomic E-state index is 10.9. The van der Waals surface area contributed by atoms with Crippen LogP contribution in [0.4, 0.5) is 0 Å². The Morgan fingerprint density at radius 2 is 1.05 bits per heavy atom. The Bertz CT molecular complexity index is 583. The van der Waals surface area contributed by atoms with Gasteiger partial charge in [-0.05, 0) is 67.9 Å². The largest absolute Gasteiger partial charge is 0.507 e. The molecule has 1 aromatic carbocycles. The van der Waals surface area contributed by atoms with Crippen molar-refractivity contribution in [2.24, 2.45) is 52.2 Å². The molecule has 1 rings (SSSR count). The topological polar surface area (TPSA) is 193 Å². The van der Waals surface area contributed by atoms with Gasteiger partial charge >= 0.3 is 0 Å². The summed E-state index contributed by atoms with van der Waals surface area (Å²) in [6.45, 7) is 28.3. The van der Waals surface area contributed by atoms with Crippen LogP contribution in [0.3, 0.4) is 0 Å². The molecule has 0 aromatic heterocycles. The Morgan fingerprint density at radius 1 is 0.718 bits per heavy atom. The first-order chi connectivity index (χ1) is 18.2. The number of hydrogen-bond donors (Lipinski definition) is 7. The predicted octanol–water partition coefficient (Wildman–Crippen LogP) is 5.85. The number of carbonyl (C=O) groups is 1. The number of hydrogen-bond acceptors (Lipinski definition) is 7. The zero-order valence-corrected chi connectivity index (χ0v) is 28.1. The Hall–Kier alpha value is -1.71. The van der Waals surface area contributed by atoms with E-state index in [-0.39, 0.29) is 24.4 Å². The lowest BCUT2D eigenvalue weighted by Crippen LogP contribution is -2.14. The van der Waals surface area contributed by atoms with Gasteiger partial charge in [0.15, 0.2) is 0 Å². The van der Waals surface area contributed by atoms with Crippen LogP contribution >= 0.6 is 0 Å². The molecule has 13 N–H and O–H groups in total. The molecule has 0 radical (unpaired) electrons. The van der Waals surface area contributed by atoms with E-state index in [1.165, 1.54) is 18.9 Å². The van der Waals surface area contributed by atoms with Crippen LogP contribution in [-0.4, -0.2) is 30.6 Å². The molecule has 238 valence electrons. The second kappa shape index (κ2) is 40.8. The van der Waals surface area contributed by atoms with Crippen molar-refractivity contribution < 1.29 is 9.90 Å². The molecule has 8 nitrogen and oxygen atoms in total. The summed E-state index contributed by atoms with van der Waals surface area (Å²) in [5.74, 6) is 1.37. The van der Waals surface area contributed by atoms with E-state index < -0.39 is 5.91 Å². The Balaban J connectivity index is -0.0000000923. The zero-order chi connectivity index (χ0) is 32.4. The highest BCUT2D eigenvalue weighted by atomic mass is 16.3. The summed E-state index contributed by atoms with van der Waals surface area (Å²) in [4.78, 5) is 10.9. The first-order valence-corrected chi connectivity index (χ1v) is 14.9. The maximum Gasteiger partial charge on any atom is 0.252 e. The number of aromatic hydroxyl groups is 1. The number of amides is 1. The summed E-state index contributed by atoms with van der Waals surface area (Å²) < 4.78 is 0. The van der Waals surface area contributed by atoms with Gasteiger partial charge in [0.05, 0.1) is 5.56 Å². The van der Waals surface area contributed by atoms with E-state index in [1.54, 1.807) is 6.07 Å². The molecule has 0 saturated carbocycles. The van der Waals surface area contributed by atoms with Crippen LogP contribution in [0.1, 0.15) is 130 Å². The molecular formula is C31H72N6O2. The molecule has 0 unspecified atom stereocenters. The number of primary amides is 1. The minimum absolute atomic E-state index is 0.0633. The number of benzene rings is 1. The van der Waals surface area contributed by atoms with Crippen molar-refractivity contribution in [1.29, 1.82) is 0 Å². The Kier molecular flexibility index (Phi) is 52.5. The first kappa shape index (κ1) is 50.2. The molecule has 1 amide bonds. The van der Waals surface area contributed by atoms with Crippen molar-refractivity contribution in [1.82, 2.24) is 0 Å². The van der Waals surface area contributed by atoms with Crippen molar-refractivity contribution in [3.8, 4) is 5.75 Å². The molecule has 0 bridgehead atoms. The molecule has 0 aliphatic rings. The standard InChI is InChI=1S/C9H13N3O2.2C5H13N.C4H11N.2C3H8.C2H6/c10-3-5-1-6(4-11)8(13)7(2-5)9(12)14;2*1-5(2)3-4-6;1-4(2)3-5;2*1-3-2;1-2/h1-2,13H,3-4,10-11H2,(H2,12,14);2*5H,3-4,6H2,1-2H3;4H,3,5H2,1-2H3;2*3H2,1-2H3;1-2H3. The zero-order valence-electron chi connectivity index (χ0n) is 28.1. The van der Waals surface area contributed by atoms with E-state index in [0.29, 0.717) is 11.5 Å². The summed E-state index contributed by atoms with van der Waals surface area (Å²) >= 11 is 0. The van der Waals surface area contributed by atoms with Crippen molar-refractivity contribution in [3.63, 3.8) is 0 Å². The molecule has 8 heteroatoms. The highest BCUT2D eigenvalue weighted by Gasteiger charge is 2.12. The number of phenols is 1. The second-order valence-electron chi connectivity index (χ2n) is 9.91. The fourth-order valence-corrected chi connectivity index (χ4v) is 1.89. The smallest absolute Gasteiger partial charge is 0.252 e. The second-order valence-corrected chi connectivity index (χ2v) is 9.91. The van der Waals surface area contributed by atoms with Crippen LogP contribution in [-0.2, 0) is 13.1 Å². The molecule has 0 aliphatic heterocycles. The van der Waals surface area contributed by atoms with Crippen LogP contribution in [0, 0.1) is 17.8 Å². The molecule has 0 atom stereocenters. The summed E-state index contributed by atoms with van der Waals surface area (Å²) in [6.07, 6.45) is 4.81. The molecule has 0 saturated heterocycles. The molecule has 0 heterocycles. The monoisotopic (exact) mass is 561 g/mol. The number of rotatable bonds is 8. The quantitative estimate of drug-likeness (QED) is 0.207. The molecule has 0 fully saturated rings. The third kappa shape index (κ3) is 46.5. The van der Waals surface area contributed by atoms with Crippen LogP contribution in [0.15, 0.2) is 12.1 Å². The van der Waals surface area contributed by atoms with E-state index in [0.717, 1.165) is 49.9 Å². The normalized spacial score (nSPS) is 9.03. The molecule has 0 aliphatic carbocycles. The highest BCUT2D eigenvalue weighted by Crippen LogP contribution is 2.23. The average molecular weight is 561 g/mol. The fraction of sp³-hybridized carbons (Fsp3) is 0.774. The van der Waals surface area contributed by atoms with Gasteiger partial charge in [-0.2, -0.15) is 0 Å². The fourth-order valence-electron chi connectivity index (χ4n) is 1.89. The van der Waals surface area contributed by atoms with Crippen molar-refractivity contribution >= 4 is 5.91 Å². The first-order valence-electron chi connectivity index (χ1n) is 14.9. The van der Waals surface area contributed by atoms with Crippen LogP contribution < -0.4 is 34.4 Å². The lowest BCUT2D eigenvalue weighted by molar-refractivity contribution is 0.0997.